The minimum Gasteiger partial charge on any atom is -0.378 e. The van der Waals surface area contributed by atoms with E-state index in [1.54, 1.807) is 0 Å². The summed E-state index contributed by atoms with van der Waals surface area (Å²) in [5.74, 6) is 0.910. The minimum absolute atomic E-state index is 0.0543. The zero-order valence-electron chi connectivity index (χ0n) is 15.0. The van der Waals surface area contributed by atoms with Crippen molar-refractivity contribution in [2.45, 2.75) is 41.2 Å². The maximum Gasteiger partial charge on any atom is 0.475 e. The fraction of sp³-hybridized carbons (Fsp3) is 0.471. The smallest absolute Gasteiger partial charge is 0.378 e. The molecule has 29 heavy (non-hydrogen) atoms. The van der Waals surface area contributed by atoms with Gasteiger partial charge in [0.2, 0.25) is 0 Å². The van der Waals surface area contributed by atoms with E-state index in [1.165, 1.54) is 17.0 Å². The van der Waals surface area contributed by atoms with E-state index in [1.807, 2.05) is 0 Å². The molecule has 12 heteroatoms. The van der Waals surface area contributed by atoms with Crippen LogP contribution in [0, 0.1) is 0 Å². The van der Waals surface area contributed by atoms with Gasteiger partial charge in [-0.25, -0.2) is 9.00 Å². The summed E-state index contributed by atoms with van der Waals surface area (Å²) in [6.45, 7) is 0.182. The number of aliphatic hydroxyl groups is 1. The number of carbonyl (C=O) groups excluding carboxylic acids is 1. The van der Waals surface area contributed by atoms with E-state index in [-0.39, 0.29) is 37.0 Å². The highest BCUT2D eigenvalue weighted by molar-refractivity contribution is 7.86. The average molecular weight is 430 g/mol. The third-order valence-corrected chi connectivity index (χ3v) is 5.97. The number of carbonyl (C=O) groups is 1. The third kappa shape index (κ3) is 4.13. The van der Waals surface area contributed by atoms with Gasteiger partial charge in [0.25, 0.3) is 5.89 Å². The van der Waals surface area contributed by atoms with E-state index in [0.717, 1.165) is 25.0 Å². The summed E-state index contributed by atoms with van der Waals surface area (Å²) < 4.78 is 54.0. The summed E-state index contributed by atoms with van der Waals surface area (Å²) in [5, 5.41) is 17.2. The molecule has 1 aromatic heterocycles. The Morgan fingerprint density at radius 1 is 1.31 bits per heavy atom. The molecule has 2 aromatic rings. The Bertz CT molecular complexity index is 945. The fourth-order valence-corrected chi connectivity index (χ4v) is 3.72. The maximum atomic E-state index is 12.5. The molecule has 2 atom stereocenters. The first kappa shape index (κ1) is 19.8. The highest BCUT2D eigenvalue weighted by Gasteiger charge is 2.45. The van der Waals surface area contributed by atoms with Gasteiger partial charge in [-0.2, -0.15) is 18.2 Å². The number of rotatable bonds is 4. The molecular formula is C17H17F3N4O4S. The molecule has 0 spiro atoms. The number of nitrogens with one attached hydrogen (secondary N) is 1. The minimum atomic E-state index is -4.85. The Morgan fingerprint density at radius 2 is 2.00 bits per heavy atom. The lowest BCUT2D eigenvalue weighted by molar-refractivity contribution is -0.0384. The van der Waals surface area contributed by atoms with Crippen LogP contribution in [-0.4, -0.2) is 49.0 Å². The number of nitrogens with zero attached hydrogens (tertiary/aromatic N) is 3. The molecule has 1 saturated heterocycles. The molecule has 2 fully saturated rings. The van der Waals surface area contributed by atoms with E-state index in [4.69, 9.17) is 4.52 Å². The Labute approximate surface area is 165 Å². The average Bonchev–Trinajstić information content (AvgIpc) is 3.24. The second-order valence-corrected chi connectivity index (χ2v) is 8.58. The molecule has 4 rings (SSSR count). The monoisotopic (exact) mass is 430 g/mol. The van der Waals surface area contributed by atoms with Gasteiger partial charge < -0.3 is 19.8 Å². The first-order valence-electron chi connectivity index (χ1n) is 8.87. The third-order valence-electron chi connectivity index (χ3n) is 4.85. The van der Waals surface area contributed by atoms with Crippen LogP contribution in [0.25, 0.3) is 0 Å². The lowest BCUT2D eigenvalue weighted by atomic mass is 10.0. The van der Waals surface area contributed by atoms with Gasteiger partial charge in [0.05, 0.1) is 6.54 Å². The lowest BCUT2D eigenvalue weighted by Gasteiger charge is -2.20. The molecule has 1 aromatic carbocycles. The van der Waals surface area contributed by atoms with Crippen molar-refractivity contribution < 1.29 is 31.8 Å². The zero-order chi connectivity index (χ0) is 20.8. The van der Waals surface area contributed by atoms with E-state index < -0.39 is 32.8 Å². The second kappa shape index (κ2) is 7.10. The number of amides is 2. The summed E-state index contributed by atoms with van der Waals surface area (Å²) in [6, 6.07) is 4.01. The number of aromatic nitrogens is 2. The number of alkyl halides is 3. The van der Waals surface area contributed by atoms with E-state index in [0.29, 0.717) is 5.82 Å². The van der Waals surface area contributed by atoms with E-state index >= 15 is 0 Å². The summed E-state index contributed by atoms with van der Waals surface area (Å²) in [4.78, 5) is 17.6. The van der Waals surface area contributed by atoms with Gasteiger partial charge in [-0.3, -0.25) is 0 Å². The van der Waals surface area contributed by atoms with Gasteiger partial charge in [-0.05, 0) is 37.1 Å². The van der Waals surface area contributed by atoms with Crippen LogP contribution >= 0.6 is 0 Å². The van der Waals surface area contributed by atoms with Crippen LogP contribution in [0.2, 0.25) is 0 Å². The van der Waals surface area contributed by atoms with E-state index in [9.17, 15) is 27.3 Å². The molecule has 1 aliphatic heterocycles. The summed E-state index contributed by atoms with van der Waals surface area (Å²) >= 11 is 0. The zero-order valence-corrected chi connectivity index (χ0v) is 15.8. The Hall–Kier alpha value is -2.47. The molecular weight excluding hydrogens is 413 g/mol. The molecule has 2 N–H and O–H groups in total. The van der Waals surface area contributed by atoms with Gasteiger partial charge in [0, 0.05) is 29.5 Å². The van der Waals surface area contributed by atoms with Crippen LogP contribution < -0.4 is 5.32 Å². The maximum absolute atomic E-state index is 12.5. The number of urea groups is 1. The standard InChI is InChI=1S/C17H17F3N4O4S/c18-17(19,20)29(27)12-5-3-11(4-6-12)21-15(25)24-8-7-16(26,9-24)14-22-13(23-28-14)10-1-2-10/h3-6,10,26H,1-2,7-9H2,(H,21,25). The Balaban J connectivity index is 1.38. The molecule has 2 unspecified atom stereocenters. The van der Waals surface area contributed by atoms with Crippen LogP contribution in [0.15, 0.2) is 33.7 Å². The molecule has 2 heterocycles. The molecule has 1 saturated carbocycles. The summed E-state index contributed by atoms with van der Waals surface area (Å²) in [6.07, 6.45) is 2.19. The van der Waals surface area contributed by atoms with Gasteiger partial charge >= 0.3 is 11.5 Å². The Kier molecular flexibility index (Phi) is 4.85. The van der Waals surface area contributed by atoms with Crippen molar-refractivity contribution in [2.24, 2.45) is 0 Å². The van der Waals surface area contributed by atoms with Crippen molar-refractivity contribution in [3.05, 3.63) is 36.0 Å². The highest BCUT2D eigenvalue weighted by atomic mass is 32.2. The SMILES string of the molecule is O=C(Nc1ccc(S(=O)C(F)(F)F)cc1)N1CCC(O)(c2nc(C3CC3)no2)C1. The van der Waals surface area contributed by atoms with Crippen molar-refractivity contribution in [2.75, 3.05) is 18.4 Å². The normalized spacial score (nSPS) is 23.2. The van der Waals surface area contributed by atoms with E-state index in [2.05, 4.69) is 15.5 Å². The predicted octanol–water partition coefficient (Wildman–Crippen LogP) is 2.70. The highest BCUT2D eigenvalue weighted by Crippen LogP contribution is 2.40. The van der Waals surface area contributed by atoms with Crippen LogP contribution in [0.1, 0.15) is 36.9 Å². The number of halogens is 3. The van der Waals surface area contributed by atoms with Gasteiger partial charge in [-0.1, -0.05) is 5.16 Å². The van der Waals surface area contributed by atoms with Crippen molar-refractivity contribution >= 4 is 22.5 Å². The lowest BCUT2D eigenvalue weighted by Crippen LogP contribution is -2.37. The van der Waals surface area contributed by atoms with Crippen LogP contribution in [-0.2, 0) is 16.4 Å². The summed E-state index contributed by atoms with van der Waals surface area (Å²) in [7, 11) is -3.13. The number of hydrogen-bond acceptors (Lipinski definition) is 6. The topological polar surface area (TPSA) is 109 Å². The molecule has 0 radical (unpaired) electrons. The van der Waals surface area contributed by atoms with Crippen LogP contribution in [0.3, 0.4) is 0 Å². The molecule has 1 aliphatic carbocycles. The van der Waals surface area contributed by atoms with Crippen LogP contribution in [0.5, 0.6) is 0 Å². The van der Waals surface area contributed by atoms with Gasteiger partial charge in [0.1, 0.15) is 0 Å². The number of likely N-dealkylation sites (tertiary alicyclic amines) is 1. The van der Waals surface area contributed by atoms with Crippen molar-refractivity contribution in [1.82, 2.24) is 15.0 Å². The fourth-order valence-electron chi connectivity index (χ4n) is 3.07. The number of benzene rings is 1. The predicted molar refractivity (Wildman–Crippen MR) is 94.3 cm³/mol. The molecule has 156 valence electrons. The Morgan fingerprint density at radius 3 is 2.62 bits per heavy atom. The molecule has 2 aliphatic rings. The molecule has 0 bridgehead atoms. The quantitative estimate of drug-likeness (QED) is 0.772. The van der Waals surface area contributed by atoms with Gasteiger partial charge in [-0.15, -0.1) is 0 Å². The number of anilines is 1. The molecule has 2 amide bonds. The van der Waals surface area contributed by atoms with Crippen molar-refractivity contribution in [1.29, 1.82) is 0 Å². The number of β-amino-alcohol motifs (C(OH)–C–C–N with tert-alkyl or cyclic N) is 1. The summed E-state index contributed by atoms with van der Waals surface area (Å²) in [5.41, 5.74) is -6.05. The van der Waals surface area contributed by atoms with Gasteiger partial charge in [0.15, 0.2) is 22.2 Å². The van der Waals surface area contributed by atoms with Crippen molar-refractivity contribution in [3.8, 4) is 0 Å². The van der Waals surface area contributed by atoms with Crippen molar-refractivity contribution in [3.63, 3.8) is 0 Å². The van der Waals surface area contributed by atoms with Crippen LogP contribution in [0.4, 0.5) is 23.7 Å². The molecule has 8 nitrogen and oxygen atoms in total. The second-order valence-electron chi connectivity index (χ2n) is 7.10. The number of hydrogen-bond donors (Lipinski definition) is 2. The largest absolute Gasteiger partial charge is 0.475 e. The first-order valence-corrected chi connectivity index (χ1v) is 10.0. The first-order chi connectivity index (χ1) is 13.7.